The molecule has 92 valence electrons. The minimum Gasteiger partial charge on any atom is -0.369 e. The Labute approximate surface area is 111 Å². The van der Waals surface area contributed by atoms with Gasteiger partial charge in [-0.25, -0.2) is 0 Å². The molecule has 1 N–H and O–H groups in total. The van der Waals surface area contributed by atoms with Crippen LogP contribution < -0.4 is 5.32 Å². The summed E-state index contributed by atoms with van der Waals surface area (Å²) in [5.74, 6) is 0.950. The van der Waals surface area contributed by atoms with Crippen molar-refractivity contribution in [2.75, 3.05) is 32.5 Å². The predicted octanol–water partition coefficient (Wildman–Crippen LogP) is 3.31. The van der Waals surface area contributed by atoms with Crippen molar-refractivity contribution in [1.82, 2.24) is 9.27 Å². The van der Waals surface area contributed by atoms with Gasteiger partial charge in [0.05, 0.1) is 9.72 Å². The molecule has 17 heavy (non-hydrogen) atoms. The fraction of sp³-hybridized carbons (Fsp3) is 0.417. The van der Waals surface area contributed by atoms with Gasteiger partial charge in [-0.3, -0.25) is 0 Å². The van der Waals surface area contributed by atoms with Crippen LogP contribution in [0.2, 0.25) is 5.02 Å². The Bertz CT molecular complexity index is 495. The maximum absolute atomic E-state index is 6.11. The maximum atomic E-state index is 6.11. The second-order valence-electron chi connectivity index (χ2n) is 4.23. The molecule has 5 heteroatoms. The van der Waals surface area contributed by atoms with E-state index in [1.54, 1.807) is 0 Å². The molecule has 1 aromatic carbocycles. The molecule has 0 aliphatic carbocycles. The molecule has 0 spiro atoms. The van der Waals surface area contributed by atoms with Gasteiger partial charge in [0.15, 0.2) is 0 Å². The van der Waals surface area contributed by atoms with Crippen LogP contribution in [0.15, 0.2) is 18.2 Å². The van der Waals surface area contributed by atoms with Crippen LogP contribution in [0.4, 0.5) is 5.82 Å². The topological polar surface area (TPSA) is 28.2 Å². The number of hydrogen-bond acceptors (Lipinski definition) is 4. The largest absolute Gasteiger partial charge is 0.369 e. The lowest BCUT2D eigenvalue weighted by Crippen LogP contribution is -2.16. The van der Waals surface area contributed by atoms with Gasteiger partial charge in [0.2, 0.25) is 0 Å². The fourth-order valence-corrected chi connectivity index (χ4v) is 2.70. The number of nitrogens with zero attached hydrogens (tertiary/aromatic N) is 2. The molecule has 2 aromatic rings. The highest BCUT2D eigenvalue weighted by Gasteiger charge is 2.07. The summed E-state index contributed by atoms with van der Waals surface area (Å²) in [4.78, 5) is 2.18. The zero-order valence-electron chi connectivity index (χ0n) is 10.0. The lowest BCUT2D eigenvalue weighted by Gasteiger charge is -2.09. The maximum Gasteiger partial charge on any atom is 0.147 e. The van der Waals surface area contributed by atoms with Crippen molar-refractivity contribution in [3.05, 3.63) is 23.2 Å². The Balaban J connectivity index is 2.02. The van der Waals surface area contributed by atoms with Crippen LogP contribution in [0.3, 0.4) is 0 Å². The average molecular weight is 270 g/mol. The summed E-state index contributed by atoms with van der Waals surface area (Å²) in [6.07, 6.45) is 1.10. The van der Waals surface area contributed by atoms with Gasteiger partial charge < -0.3 is 10.2 Å². The molecule has 0 fully saturated rings. The third kappa shape index (κ3) is 3.09. The van der Waals surface area contributed by atoms with E-state index in [0.29, 0.717) is 0 Å². The van der Waals surface area contributed by atoms with Crippen molar-refractivity contribution < 1.29 is 0 Å². The van der Waals surface area contributed by atoms with Gasteiger partial charge in [-0.2, -0.15) is 4.37 Å². The number of nitrogens with one attached hydrogen (secondary N) is 1. The zero-order chi connectivity index (χ0) is 12.3. The van der Waals surface area contributed by atoms with Crippen molar-refractivity contribution in [2.45, 2.75) is 6.42 Å². The van der Waals surface area contributed by atoms with E-state index in [-0.39, 0.29) is 0 Å². The van der Waals surface area contributed by atoms with Crippen molar-refractivity contribution in [3.63, 3.8) is 0 Å². The Kier molecular flexibility index (Phi) is 4.20. The Morgan fingerprint density at radius 3 is 3.00 bits per heavy atom. The van der Waals surface area contributed by atoms with E-state index in [0.717, 1.165) is 40.4 Å². The van der Waals surface area contributed by atoms with E-state index in [9.17, 15) is 0 Å². The first kappa shape index (κ1) is 12.6. The number of fused-ring (bicyclic) bond motifs is 1. The standard InChI is InChI=1S/C12H16ClN3S/c1-16(2)8-4-7-14-12-9-5-3-6-10(13)11(9)17-15-12/h3,5-6H,4,7-8H2,1-2H3,(H,14,15). The van der Waals surface area contributed by atoms with Gasteiger partial charge in [0.1, 0.15) is 5.82 Å². The van der Waals surface area contributed by atoms with Gasteiger partial charge >= 0.3 is 0 Å². The van der Waals surface area contributed by atoms with Crippen molar-refractivity contribution in [2.24, 2.45) is 0 Å². The molecule has 0 aliphatic heterocycles. The number of halogens is 1. The summed E-state index contributed by atoms with van der Waals surface area (Å²) in [5, 5.41) is 5.26. The molecule has 1 aromatic heterocycles. The van der Waals surface area contributed by atoms with Crippen LogP contribution in [0.5, 0.6) is 0 Å². The first-order valence-electron chi connectivity index (χ1n) is 5.61. The molecule has 0 saturated heterocycles. The molecule has 1 heterocycles. The highest BCUT2D eigenvalue weighted by atomic mass is 35.5. The molecule has 0 bridgehead atoms. The number of anilines is 1. The van der Waals surface area contributed by atoms with Crippen molar-refractivity contribution >= 4 is 39.0 Å². The molecule has 2 rings (SSSR count). The number of aromatic nitrogens is 1. The minimum absolute atomic E-state index is 0.779. The third-order valence-electron chi connectivity index (χ3n) is 2.52. The van der Waals surface area contributed by atoms with E-state index in [2.05, 4.69) is 34.8 Å². The van der Waals surface area contributed by atoms with Crippen LogP contribution >= 0.6 is 23.1 Å². The monoisotopic (exact) mass is 269 g/mol. The predicted molar refractivity (Wildman–Crippen MR) is 76.3 cm³/mol. The summed E-state index contributed by atoms with van der Waals surface area (Å²) < 4.78 is 5.46. The van der Waals surface area contributed by atoms with E-state index in [4.69, 9.17) is 11.6 Å². The van der Waals surface area contributed by atoms with Crippen LogP contribution in [0.1, 0.15) is 6.42 Å². The molecule has 0 atom stereocenters. The zero-order valence-corrected chi connectivity index (χ0v) is 11.6. The van der Waals surface area contributed by atoms with Crippen LogP contribution in [0.25, 0.3) is 10.1 Å². The summed E-state index contributed by atoms with van der Waals surface area (Å²) >= 11 is 7.56. The van der Waals surface area contributed by atoms with E-state index >= 15 is 0 Å². The van der Waals surface area contributed by atoms with Gasteiger partial charge in [-0.15, -0.1) is 0 Å². The molecule has 0 amide bonds. The van der Waals surface area contributed by atoms with E-state index < -0.39 is 0 Å². The average Bonchev–Trinajstić information content (AvgIpc) is 2.69. The normalized spacial score (nSPS) is 11.3. The van der Waals surface area contributed by atoms with Crippen molar-refractivity contribution in [1.29, 1.82) is 0 Å². The van der Waals surface area contributed by atoms with Crippen LogP contribution in [-0.4, -0.2) is 36.5 Å². The molecule has 3 nitrogen and oxygen atoms in total. The third-order valence-corrected chi connectivity index (χ3v) is 3.85. The quantitative estimate of drug-likeness (QED) is 0.844. The van der Waals surface area contributed by atoms with E-state index in [1.165, 1.54) is 11.5 Å². The summed E-state index contributed by atoms with van der Waals surface area (Å²) in [6.45, 7) is 2.01. The Hall–Kier alpha value is -0.840. The second kappa shape index (κ2) is 5.67. The first-order chi connectivity index (χ1) is 8.18. The number of hydrogen-bond donors (Lipinski definition) is 1. The lowest BCUT2D eigenvalue weighted by atomic mass is 10.2. The van der Waals surface area contributed by atoms with Gasteiger partial charge in [-0.1, -0.05) is 17.7 Å². The van der Waals surface area contributed by atoms with Gasteiger partial charge in [0, 0.05) is 11.9 Å². The smallest absolute Gasteiger partial charge is 0.147 e. The second-order valence-corrected chi connectivity index (χ2v) is 5.41. The van der Waals surface area contributed by atoms with Gasteiger partial charge in [-0.05, 0) is 50.7 Å². The number of benzene rings is 1. The molecule has 0 unspecified atom stereocenters. The Morgan fingerprint density at radius 1 is 1.41 bits per heavy atom. The molecule has 0 saturated carbocycles. The SMILES string of the molecule is CN(C)CCCNc1nsc2c(Cl)cccc12. The fourth-order valence-electron chi connectivity index (χ4n) is 1.66. The summed E-state index contributed by atoms with van der Waals surface area (Å²) in [7, 11) is 4.16. The van der Waals surface area contributed by atoms with Gasteiger partial charge in [0.25, 0.3) is 0 Å². The van der Waals surface area contributed by atoms with Crippen LogP contribution in [-0.2, 0) is 0 Å². The van der Waals surface area contributed by atoms with E-state index in [1.807, 2.05) is 12.1 Å². The molecular weight excluding hydrogens is 254 g/mol. The highest BCUT2D eigenvalue weighted by molar-refractivity contribution is 7.14. The van der Waals surface area contributed by atoms with Crippen LogP contribution in [0, 0.1) is 0 Å². The minimum atomic E-state index is 0.779. The highest BCUT2D eigenvalue weighted by Crippen LogP contribution is 2.32. The summed E-state index contributed by atoms with van der Waals surface area (Å²) in [6, 6.07) is 5.92. The first-order valence-corrected chi connectivity index (χ1v) is 6.76. The van der Waals surface area contributed by atoms with Crippen molar-refractivity contribution in [3.8, 4) is 0 Å². The Morgan fingerprint density at radius 2 is 2.24 bits per heavy atom. The molecule has 0 radical (unpaired) electrons. The number of rotatable bonds is 5. The summed E-state index contributed by atoms with van der Waals surface area (Å²) in [5.41, 5.74) is 0. The lowest BCUT2D eigenvalue weighted by molar-refractivity contribution is 0.405. The molecular formula is C12H16ClN3S. The molecule has 0 aliphatic rings.